The van der Waals surface area contributed by atoms with Crippen LogP contribution in [0.3, 0.4) is 0 Å². The minimum atomic E-state index is 0.527. The van der Waals surface area contributed by atoms with Crippen LogP contribution in [0.2, 0.25) is 0 Å². The molecule has 13 heavy (non-hydrogen) atoms. The van der Waals surface area contributed by atoms with Crippen LogP contribution >= 0.6 is 0 Å². The Kier molecular flexibility index (Phi) is 1.99. The Morgan fingerprint density at radius 2 is 2.38 bits per heavy atom. The quantitative estimate of drug-likeness (QED) is 0.574. The van der Waals surface area contributed by atoms with Gasteiger partial charge in [-0.2, -0.15) is 0 Å². The topological polar surface area (TPSA) is 58.7 Å². The first kappa shape index (κ1) is 7.85. The molecule has 0 fully saturated rings. The number of fused-ring (bicyclic) bond motifs is 1. The predicted molar refractivity (Wildman–Crippen MR) is 51.6 cm³/mol. The Labute approximate surface area is 75.2 Å². The van der Waals surface area contributed by atoms with Crippen LogP contribution in [-0.2, 0) is 4.84 Å². The van der Waals surface area contributed by atoms with Gasteiger partial charge in [0.1, 0.15) is 12.9 Å². The van der Waals surface area contributed by atoms with E-state index in [4.69, 9.17) is 4.84 Å². The van der Waals surface area contributed by atoms with Crippen molar-refractivity contribution in [2.45, 2.75) is 6.92 Å². The molecule has 0 aliphatic carbocycles. The Balaban J connectivity index is 2.25. The molecule has 2 heterocycles. The van der Waals surface area contributed by atoms with Gasteiger partial charge >= 0.3 is 0 Å². The van der Waals surface area contributed by atoms with E-state index in [-0.39, 0.29) is 0 Å². The van der Waals surface area contributed by atoms with E-state index in [0.29, 0.717) is 18.3 Å². The molecule has 66 valence electrons. The molecule has 0 unspecified atom stereocenters. The molecule has 2 aliphatic heterocycles. The van der Waals surface area contributed by atoms with E-state index in [2.05, 4.69) is 20.1 Å². The maximum atomic E-state index is 4.90. The number of hydrogen-bond donors (Lipinski definition) is 0. The molecule has 0 bridgehead atoms. The first-order valence-corrected chi connectivity index (χ1v) is 3.97. The second-order valence-corrected chi connectivity index (χ2v) is 2.39. The maximum absolute atomic E-state index is 4.90. The summed E-state index contributed by atoms with van der Waals surface area (Å²) in [6.07, 6.45) is 4.91. The molecule has 0 saturated carbocycles. The largest absolute Gasteiger partial charge is 0.394 e. The summed E-state index contributed by atoms with van der Waals surface area (Å²) in [5, 5.41) is 3.83. The molecule has 0 N–H and O–H groups in total. The Morgan fingerprint density at radius 3 is 3.23 bits per heavy atom. The molecule has 0 saturated heterocycles. The van der Waals surface area contributed by atoms with E-state index in [1.165, 1.54) is 6.34 Å². The summed E-state index contributed by atoms with van der Waals surface area (Å²) < 4.78 is 0. The molecular weight excluding hydrogens is 168 g/mol. The first-order chi connectivity index (χ1) is 6.42. The highest BCUT2D eigenvalue weighted by molar-refractivity contribution is 6.32. The van der Waals surface area contributed by atoms with Crippen LogP contribution < -0.4 is 0 Å². The zero-order valence-electron chi connectivity index (χ0n) is 7.14. The molecule has 0 amide bonds. The average Bonchev–Trinajstić information content (AvgIpc) is 2.62. The zero-order chi connectivity index (χ0) is 9.10. The lowest BCUT2D eigenvalue weighted by Gasteiger charge is -2.04. The Bertz CT molecular complexity index is 362. The molecule has 0 spiro atoms. The number of oxime groups is 1. The van der Waals surface area contributed by atoms with Gasteiger partial charge in [-0.1, -0.05) is 5.16 Å². The average molecular weight is 176 g/mol. The normalized spacial score (nSPS) is 21.5. The minimum absolute atomic E-state index is 0.527. The number of amidine groups is 2. The van der Waals surface area contributed by atoms with Crippen molar-refractivity contribution in [2.75, 3.05) is 6.61 Å². The second kappa shape index (κ2) is 3.30. The molecule has 2 rings (SSSR count). The van der Waals surface area contributed by atoms with Gasteiger partial charge in [0.25, 0.3) is 0 Å². The molecule has 0 aromatic carbocycles. The summed E-state index contributed by atoms with van der Waals surface area (Å²) >= 11 is 0. The number of hydrogen-bond acceptors (Lipinski definition) is 4. The molecule has 0 aromatic rings. The molecule has 2 aliphatic rings. The lowest BCUT2D eigenvalue weighted by Crippen LogP contribution is -2.12. The minimum Gasteiger partial charge on any atom is -0.394 e. The summed E-state index contributed by atoms with van der Waals surface area (Å²) in [4.78, 5) is 16.9. The zero-order valence-corrected chi connectivity index (χ0v) is 7.14. The van der Waals surface area contributed by atoms with Crippen molar-refractivity contribution in [3.05, 3.63) is 11.6 Å². The predicted octanol–water partition coefficient (Wildman–Crippen LogP) is 0.788. The van der Waals surface area contributed by atoms with Crippen LogP contribution in [0.5, 0.6) is 0 Å². The van der Waals surface area contributed by atoms with Crippen molar-refractivity contribution in [1.82, 2.24) is 0 Å². The molecular formula is C8H8N4O. The molecule has 0 radical (unpaired) electrons. The van der Waals surface area contributed by atoms with Gasteiger partial charge in [-0.05, 0) is 13.0 Å². The van der Waals surface area contributed by atoms with Crippen molar-refractivity contribution in [1.29, 1.82) is 0 Å². The van der Waals surface area contributed by atoms with E-state index >= 15 is 0 Å². The third-order valence-corrected chi connectivity index (χ3v) is 1.56. The van der Waals surface area contributed by atoms with E-state index in [0.717, 1.165) is 5.57 Å². The summed E-state index contributed by atoms with van der Waals surface area (Å²) in [5.41, 5.74) is 0.816. The third kappa shape index (κ3) is 1.40. The summed E-state index contributed by atoms with van der Waals surface area (Å²) in [7, 11) is 0. The van der Waals surface area contributed by atoms with Crippen LogP contribution in [0.15, 0.2) is 31.8 Å². The number of nitrogens with zero attached hydrogens (tertiary/aromatic N) is 4. The highest BCUT2D eigenvalue weighted by Crippen LogP contribution is 2.12. The van der Waals surface area contributed by atoms with Gasteiger partial charge in [-0.25, -0.2) is 15.0 Å². The van der Waals surface area contributed by atoms with Crippen LogP contribution in [0.25, 0.3) is 0 Å². The van der Waals surface area contributed by atoms with Crippen LogP contribution in [0.1, 0.15) is 6.92 Å². The fraction of sp³-hybridized carbons (Fsp3) is 0.250. The van der Waals surface area contributed by atoms with Gasteiger partial charge in [0.15, 0.2) is 5.84 Å². The van der Waals surface area contributed by atoms with Crippen molar-refractivity contribution >= 4 is 24.2 Å². The standard InChI is InChI=1S/C8H8N4O/c1-2-13-12-8-6-3-4-9-7(6)10-5-11-8/h3-5H,2H2,1H3. The van der Waals surface area contributed by atoms with Crippen molar-refractivity contribution in [3.8, 4) is 0 Å². The summed E-state index contributed by atoms with van der Waals surface area (Å²) in [6, 6.07) is 0. The lowest BCUT2D eigenvalue weighted by molar-refractivity contribution is 0.158. The first-order valence-electron chi connectivity index (χ1n) is 3.97. The smallest absolute Gasteiger partial charge is 0.203 e. The van der Waals surface area contributed by atoms with Crippen molar-refractivity contribution < 1.29 is 4.84 Å². The van der Waals surface area contributed by atoms with Crippen LogP contribution in [0, 0.1) is 0 Å². The van der Waals surface area contributed by atoms with Gasteiger partial charge in [-0.3, -0.25) is 0 Å². The fourth-order valence-corrected chi connectivity index (χ4v) is 1.01. The Hall–Kier alpha value is -1.78. The van der Waals surface area contributed by atoms with Gasteiger partial charge in [0.05, 0.1) is 5.57 Å². The van der Waals surface area contributed by atoms with Gasteiger partial charge in [-0.15, -0.1) is 0 Å². The highest BCUT2D eigenvalue weighted by Gasteiger charge is 2.18. The number of rotatable bonds is 2. The Morgan fingerprint density at radius 1 is 1.46 bits per heavy atom. The van der Waals surface area contributed by atoms with Crippen LogP contribution in [0.4, 0.5) is 0 Å². The SMILES string of the molecule is CCON=C1N=CN=C2N=CC=C21. The number of allylic oxidation sites excluding steroid dienone is 1. The van der Waals surface area contributed by atoms with Gasteiger partial charge in [0.2, 0.25) is 5.84 Å². The lowest BCUT2D eigenvalue weighted by atomic mass is 10.2. The van der Waals surface area contributed by atoms with E-state index in [1.807, 2.05) is 13.0 Å². The monoisotopic (exact) mass is 176 g/mol. The van der Waals surface area contributed by atoms with Crippen molar-refractivity contribution in [3.63, 3.8) is 0 Å². The number of aliphatic imine (C=N–C) groups is 3. The molecule has 5 heteroatoms. The summed E-state index contributed by atoms with van der Waals surface area (Å²) in [5.74, 6) is 1.18. The molecule has 0 aromatic heterocycles. The third-order valence-electron chi connectivity index (χ3n) is 1.56. The summed E-state index contributed by atoms with van der Waals surface area (Å²) in [6.45, 7) is 2.39. The van der Waals surface area contributed by atoms with E-state index in [1.54, 1.807) is 6.21 Å². The van der Waals surface area contributed by atoms with Crippen molar-refractivity contribution in [2.24, 2.45) is 20.1 Å². The van der Waals surface area contributed by atoms with Gasteiger partial charge in [0, 0.05) is 6.21 Å². The van der Waals surface area contributed by atoms with E-state index < -0.39 is 0 Å². The van der Waals surface area contributed by atoms with E-state index in [9.17, 15) is 0 Å². The molecule has 0 atom stereocenters. The molecule has 5 nitrogen and oxygen atoms in total. The van der Waals surface area contributed by atoms with Gasteiger partial charge < -0.3 is 4.84 Å². The highest BCUT2D eigenvalue weighted by atomic mass is 16.6. The maximum Gasteiger partial charge on any atom is 0.203 e. The second-order valence-electron chi connectivity index (χ2n) is 2.39. The fourth-order valence-electron chi connectivity index (χ4n) is 1.01. The van der Waals surface area contributed by atoms with Crippen LogP contribution in [-0.4, -0.2) is 30.8 Å².